The summed E-state index contributed by atoms with van der Waals surface area (Å²) in [7, 11) is -2.12. The second-order valence-corrected chi connectivity index (χ2v) is 5.92. The van der Waals surface area contributed by atoms with Gasteiger partial charge in [-0.15, -0.1) is 0 Å². The molecule has 20 heavy (non-hydrogen) atoms. The number of rotatable bonds is 4. The lowest BCUT2D eigenvalue weighted by Crippen LogP contribution is -1.96. The second kappa shape index (κ2) is 5.88. The maximum Gasteiger partial charge on any atom is 0.199 e. The van der Waals surface area contributed by atoms with Gasteiger partial charge in [0.15, 0.2) is 9.84 Å². The lowest BCUT2D eigenvalue weighted by Gasteiger charge is -2.02. The van der Waals surface area contributed by atoms with Crippen LogP contribution in [0.15, 0.2) is 58.8 Å². The Bertz CT molecular complexity index is 736. The fourth-order valence-electron chi connectivity index (χ4n) is 1.64. The molecule has 2 rings (SSSR count). The first kappa shape index (κ1) is 14.3. The normalized spacial score (nSPS) is 11.7. The average molecular weight is 292 g/mol. The van der Waals surface area contributed by atoms with Crippen molar-refractivity contribution in [2.75, 3.05) is 7.11 Å². The SMILES string of the molecule is COc1cccc(S(=O)(=O)/C=C/c2cccc(F)c2)c1. The third-order valence-corrected chi connectivity index (χ3v) is 4.06. The van der Waals surface area contributed by atoms with Gasteiger partial charge in [-0.25, -0.2) is 12.8 Å². The van der Waals surface area contributed by atoms with E-state index in [1.165, 1.54) is 43.5 Å². The summed E-state index contributed by atoms with van der Waals surface area (Å²) in [6.45, 7) is 0. The van der Waals surface area contributed by atoms with E-state index < -0.39 is 15.7 Å². The van der Waals surface area contributed by atoms with Crippen molar-refractivity contribution >= 4 is 15.9 Å². The Morgan fingerprint density at radius 1 is 1.10 bits per heavy atom. The third kappa shape index (κ3) is 3.45. The summed E-state index contributed by atoms with van der Waals surface area (Å²) >= 11 is 0. The molecule has 0 N–H and O–H groups in total. The molecule has 0 unspecified atom stereocenters. The summed E-state index contributed by atoms with van der Waals surface area (Å²) in [5, 5.41) is 1.05. The Morgan fingerprint density at radius 3 is 2.55 bits per heavy atom. The highest BCUT2D eigenvalue weighted by Gasteiger charge is 2.11. The maximum atomic E-state index is 13.0. The number of benzene rings is 2. The van der Waals surface area contributed by atoms with Crippen molar-refractivity contribution in [3.05, 3.63) is 65.3 Å². The first-order valence-electron chi connectivity index (χ1n) is 5.84. The molecule has 0 heterocycles. The van der Waals surface area contributed by atoms with Crippen molar-refractivity contribution in [1.29, 1.82) is 0 Å². The fourth-order valence-corrected chi connectivity index (χ4v) is 2.68. The van der Waals surface area contributed by atoms with Gasteiger partial charge in [0.2, 0.25) is 0 Å². The van der Waals surface area contributed by atoms with Crippen molar-refractivity contribution in [2.24, 2.45) is 0 Å². The summed E-state index contributed by atoms with van der Waals surface area (Å²) in [6, 6.07) is 11.9. The summed E-state index contributed by atoms with van der Waals surface area (Å²) in [6.07, 6.45) is 1.36. The van der Waals surface area contributed by atoms with Gasteiger partial charge in [-0.2, -0.15) is 0 Å². The molecule has 0 fully saturated rings. The van der Waals surface area contributed by atoms with Gasteiger partial charge in [0, 0.05) is 5.41 Å². The first-order valence-corrected chi connectivity index (χ1v) is 7.39. The molecule has 0 aliphatic heterocycles. The van der Waals surface area contributed by atoms with Crippen molar-refractivity contribution in [1.82, 2.24) is 0 Å². The molecule has 0 atom stereocenters. The van der Waals surface area contributed by atoms with Crippen LogP contribution < -0.4 is 4.74 Å². The highest BCUT2D eigenvalue weighted by molar-refractivity contribution is 7.94. The maximum absolute atomic E-state index is 13.0. The lowest BCUT2D eigenvalue weighted by molar-refractivity contribution is 0.413. The van der Waals surface area contributed by atoms with Crippen LogP contribution in [-0.4, -0.2) is 15.5 Å². The van der Waals surface area contributed by atoms with Crippen molar-refractivity contribution in [3.8, 4) is 5.75 Å². The van der Waals surface area contributed by atoms with Crippen molar-refractivity contribution < 1.29 is 17.5 Å². The zero-order valence-corrected chi connectivity index (χ0v) is 11.6. The van der Waals surface area contributed by atoms with Gasteiger partial charge in [0.1, 0.15) is 11.6 Å². The smallest absolute Gasteiger partial charge is 0.199 e. The van der Waals surface area contributed by atoms with E-state index in [9.17, 15) is 12.8 Å². The van der Waals surface area contributed by atoms with Gasteiger partial charge in [-0.3, -0.25) is 0 Å². The molecule has 0 aromatic heterocycles. The van der Waals surface area contributed by atoms with Gasteiger partial charge in [0.25, 0.3) is 0 Å². The Hall–Kier alpha value is -2.14. The van der Waals surface area contributed by atoms with Crippen LogP contribution in [0.3, 0.4) is 0 Å². The quantitative estimate of drug-likeness (QED) is 0.868. The van der Waals surface area contributed by atoms with Gasteiger partial charge in [-0.1, -0.05) is 18.2 Å². The number of ether oxygens (including phenoxy) is 1. The standard InChI is InChI=1S/C15H13FO3S/c1-19-14-6-3-7-15(11-14)20(17,18)9-8-12-4-2-5-13(16)10-12/h2-11H,1H3/b9-8+. The monoisotopic (exact) mass is 292 g/mol. The molecule has 0 bridgehead atoms. The Kier molecular flexibility index (Phi) is 4.20. The Morgan fingerprint density at radius 2 is 1.85 bits per heavy atom. The first-order chi connectivity index (χ1) is 9.51. The van der Waals surface area contributed by atoms with Crippen LogP contribution in [0.4, 0.5) is 4.39 Å². The molecule has 0 spiro atoms. The summed E-state index contributed by atoms with van der Waals surface area (Å²) < 4.78 is 42.2. The molecule has 5 heteroatoms. The highest BCUT2D eigenvalue weighted by atomic mass is 32.2. The van der Waals surface area contributed by atoms with Crippen LogP contribution >= 0.6 is 0 Å². The van der Waals surface area contributed by atoms with E-state index in [0.29, 0.717) is 11.3 Å². The second-order valence-electron chi connectivity index (χ2n) is 4.08. The molecule has 3 nitrogen and oxygen atoms in total. The predicted molar refractivity (Wildman–Crippen MR) is 75.6 cm³/mol. The zero-order valence-electron chi connectivity index (χ0n) is 10.8. The number of hydrogen-bond donors (Lipinski definition) is 0. The van der Waals surface area contributed by atoms with E-state index in [1.54, 1.807) is 18.2 Å². The van der Waals surface area contributed by atoms with Crippen LogP contribution in [0.5, 0.6) is 5.75 Å². The molecular weight excluding hydrogens is 279 g/mol. The molecule has 0 aliphatic carbocycles. The Balaban J connectivity index is 2.31. The van der Waals surface area contributed by atoms with Crippen LogP contribution in [0, 0.1) is 5.82 Å². The molecule has 0 saturated heterocycles. The van der Waals surface area contributed by atoms with Crippen molar-refractivity contribution in [3.63, 3.8) is 0 Å². The van der Waals surface area contributed by atoms with Crippen LogP contribution in [0.2, 0.25) is 0 Å². The van der Waals surface area contributed by atoms with Gasteiger partial charge in [-0.05, 0) is 42.0 Å². The minimum absolute atomic E-state index is 0.129. The molecule has 0 aliphatic rings. The van der Waals surface area contributed by atoms with Gasteiger partial charge in [0.05, 0.1) is 12.0 Å². The summed E-state index contributed by atoms with van der Waals surface area (Å²) in [5.74, 6) is 0.0520. The molecule has 0 radical (unpaired) electrons. The number of hydrogen-bond acceptors (Lipinski definition) is 3. The van der Waals surface area contributed by atoms with E-state index in [0.717, 1.165) is 5.41 Å². The largest absolute Gasteiger partial charge is 0.497 e. The van der Waals surface area contributed by atoms with E-state index in [-0.39, 0.29) is 4.90 Å². The molecule has 0 saturated carbocycles. The van der Waals surface area contributed by atoms with E-state index in [2.05, 4.69) is 0 Å². The average Bonchev–Trinajstić information content (AvgIpc) is 2.45. The summed E-state index contributed by atoms with van der Waals surface area (Å²) in [4.78, 5) is 0.129. The molecule has 2 aromatic carbocycles. The molecule has 104 valence electrons. The Labute approximate surface area is 117 Å². The minimum Gasteiger partial charge on any atom is -0.497 e. The van der Waals surface area contributed by atoms with Crippen molar-refractivity contribution in [2.45, 2.75) is 4.90 Å². The lowest BCUT2D eigenvalue weighted by atomic mass is 10.2. The summed E-state index contributed by atoms with van der Waals surface area (Å²) in [5.41, 5.74) is 0.483. The molecule has 2 aromatic rings. The topological polar surface area (TPSA) is 43.4 Å². The number of methoxy groups -OCH3 is 1. The highest BCUT2D eigenvalue weighted by Crippen LogP contribution is 2.19. The van der Waals surface area contributed by atoms with E-state index in [4.69, 9.17) is 4.74 Å². The predicted octanol–water partition coefficient (Wildman–Crippen LogP) is 3.28. The van der Waals surface area contributed by atoms with Gasteiger partial charge < -0.3 is 4.74 Å². The number of sulfone groups is 1. The van der Waals surface area contributed by atoms with Crippen LogP contribution in [0.25, 0.3) is 6.08 Å². The van der Waals surface area contributed by atoms with Gasteiger partial charge >= 0.3 is 0 Å². The molecule has 0 amide bonds. The minimum atomic E-state index is -3.59. The zero-order chi connectivity index (χ0) is 14.6. The van der Waals surface area contributed by atoms with Crippen LogP contribution in [-0.2, 0) is 9.84 Å². The third-order valence-electron chi connectivity index (χ3n) is 2.66. The fraction of sp³-hybridized carbons (Fsp3) is 0.0667. The van der Waals surface area contributed by atoms with Crippen LogP contribution in [0.1, 0.15) is 5.56 Å². The number of halogens is 1. The van der Waals surface area contributed by atoms with E-state index in [1.807, 2.05) is 0 Å². The molecular formula is C15H13FO3S. The van der Waals surface area contributed by atoms with E-state index >= 15 is 0 Å².